The molecule has 19 heavy (non-hydrogen) atoms. The Morgan fingerprint density at radius 3 is 2.74 bits per heavy atom. The molecule has 0 aliphatic carbocycles. The number of hydrogen-bond donors (Lipinski definition) is 2. The van der Waals surface area contributed by atoms with Gasteiger partial charge in [0.1, 0.15) is 0 Å². The highest BCUT2D eigenvalue weighted by atomic mass is 16.6. The maximum absolute atomic E-state index is 10.9. The van der Waals surface area contributed by atoms with Gasteiger partial charge >= 0.3 is 5.69 Å². The van der Waals surface area contributed by atoms with Gasteiger partial charge in [0.05, 0.1) is 10.5 Å². The number of anilines is 1. The van der Waals surface area contributed by atoms with E-state index in [1.54, 1.807) is 20.0 Å². The first kappa shape index (κ1) is 15.3. The van der Waals surface area contributed by atoms with E-state index in [9.17, 15) is 15.2 Å². The van der Waals surface area contributed by atoms with Crippen LogP contribution in [0.15, 0.2) is 12.3 Å². The first-order valence-electron chi connectivity index (χ1n) is 5.93. The number of aryl methyl sites for hydroxylation is 1. The largest absolute Gasteiger partial charge is 0.387 e. The molecule has 1 aromatic rings. The van der Waals surface area contributed by atoms with Crippen molar-refractivity contribution in [3.63, 3.8) is 0 Å². The van der Waals surface area contributed by atoms with Gasteiger partial charge in [0.15, 0.2) is 0 Å². The Balaban J connectivity index is 2.80. The molecule has 1 atom stereocenters. The fourth-order valence-electron chi connectivity index (χ4n) is 1.84. The van der Waals surface area contributed by atoms with E-state index >= 15 is 0 Å². The van der Waals surface area contributed by atoms with E-state index in [1.807, 2.05) is 19.0 Å². The van der Waals surface area contributed by atoms with E-state index in [4.69, 9.17) is 0 Å². The Morgan fingerprint density at radius 1 is 1.58 bits per heavy atom. The number of pyridine rings is 1. The Bertz CT molecular complexity index is 460. The van der Waals surface area contributed by atoms with Crippen LogP contribution in [0.2, 0.25) is 0 Å². The molecule has 1 unspecified atom stereocenters. The molecule has 0 spiro atoms. The van der Waals surface area contributed by atoms with Gasteiger partial charge in [-0.2, -0.15) is 0 Å². The molecule has 0 fully saturated rings. The molecule has 0 saturated heterocycles. The first-order chi connectivity index (χ1) is 8.71. The van der Waals surface area contributed by atoms with Gasteiger partial charge in [-0.1, -0.05) is 0 Å². The van der Waals surface area contributed by atoms with E-state index in [-0.39, 0.29) is 18.1 Å². The van der Waals surface area contributed by atoms with Gasteiger partial charge in [-0.05, 0) is 33.5 Å². The zero-order chi connectivity index (χ0) is 14.6. The molecule has 7 heteroatoms. The predicted molar refractivity (Wildman–Crippen MR) is 73.3 cm³/mol. The zero-order valence-corrected chi connectivity index (χ0v) is 11.7. The van der Waals surface area contributed by atoms with Crippen LogP contribution in [0.25, 0.3) is 0 Å². The summed E-state index contributed by atoms with van der Waals surface area (Å²) < 4.78 is 0. The van der Waals surface area contributed by atoms with Crippen LogP contribution in [0.4, 0.5) is 11.5 Å². The molecule has 0 amide bonds. The van der Waals surface area contributed by atoms with Gasteiger partial charge in [-0.3, -0.25) is 10.1 Å². The Kier molecular flexibility index (Phi) is 4.79. The summed E-state index contributed by atoms with van der Waals surface area (Å²) in [6.07, 6.45) is 1.55. The van der Waals surface area contributed by atoms with Crippen molar-refractivity contribution in [2.75, 3.05) is 32.5 Å². The van der Waals surface area contributed by atoms with Crippen molar-refractivity contribution < 1.29 is 10.0 Å². The molecule has 2 N–H and O–H groups in total. The average Bonchev–Trinajstić information content (AvgIpc) is 2.25. The number of hydrogen-bond acceptors (Lipinski definition) is 6. The Morgan fingerprint density at radius 2 is 2.21 bits per heavy atom. The summed E-state index contributed by atoms with van der Waals surface area (Å²) in [7, 11) is 3.70. The molecule has 0 saturated carbocycles. The summed E-state index contributed by atoms with van der Waals surface area (Å²) in [6.45, 7) is 4.04. The molecule has 1 aromatic heterocycles. The summed E-state index contributed by atoms with van der Waals surface area (Å²) in [6, 6.07) is 1.45. The molecule has 1 rings (SSSR count). The van der Waals surface area contributed by atoms with Crippen LogP contribution in [-0.4, -0.2) is 52.7 Å². The third-order valence-corrected chi connectivity index (χ3v) is 2.49. The van der Waals surface area contributed by atoms with Crippen molar-refractivity contribution in [3.8, 4) is 0 Å². The fraction of sp³-hybridized carbons (Fsp3) is 0.583. The second kappa shape index (κ2) is 5.94. The van der Waals surface area contributed by atoms with Crippen LogP contribution in [0, 0.1) is 17.0 Å². The van der Waals surface area contributed by atoms with E-state index in [0.717, 1.165) is 5.56 Å². The highest BCUT2D eigenvalue weighted by Gasteiger charge is 2.23. The molecule has 7 nitrogen and oxygen atoms in total. The van der Waals surface area contributed by atoms with Gasteiger partial charge < -0.3 is 15.3 Å². The number of aromatic nitrogens is 1. The second-order valence-corrected chi connectivity index (χ2v) is 5.23. The Hall–Kier alpha value is -1.73. The maximum Gasteiger partial charge on any atom is 0.311 e. The van der Waals surface area contributed by atoms with Gasteiger partial charge in [0, 0.05) is 25.4 Å². The van der Waals surface area contributed by atoms with Gasteiger partial charge in [-0.25, -0.2) is 4.98 Å². The van der Waals surface area contributed by atoms with Gasteiger partial charge in [0.2, 0.25) is 5.82 Å². The lowest BCUT2D eigenvalue weighted by Crippen LogP contribution is -2.43. The minimum absolute atomic E-state index is 0.0827. The normalized spacial score (nSPS) is 14.2. The molecule has 106 valence electrons. The van der Waals surface area contributed by atoms with Gasteiger partial charge in [-0.15, -0.1) is 0 Å². The quantitative estimate of drug-likeness (QED) is 0.591. The predicted octanol–water partition coefficient (Wildman–Crippen LogP) is 1.02. The number of likely N-dealkylation sites (N-methyl/N-ethyl adjacent to an activating group) is 1. The third-order valence-electron chi connectivity index (χ3n) is 2.49. The molecular weight excluding hydrogens is 248 g/mol. The minimum Gasteiger partial charge on any atom is -0.387 e. The van der Waals surface area contributed by atoms with Crippen LogP contribution in [-0.2, 0) is 0 Å². The number of nitrogens with one attached hydrogen (secondary N) is 1. The molecule has 0 aromatic carbocycles. The summed E-state index contributed by atoms with van der Waals surface area (Å²) in [4.78, 5) is 16.3. The van der Waals surface area contributed by atoms with Crippen molar-refractivity contribution >= 4 is 11.5 Å². The summed E-state index contributed by atoms with van der Waals surface area (Å²) in [5.41, 5.74) is -0.359. The lowest BCUT2D eigenvalue weighted by molar-refractivity contribution is -0.384. The minimum atomic E-state index is -0.996. The number of nitro groups is 1. The lowest BCUT2D eigenvalue weighted by atomic mass is 10.1. The fourth-order valence-corrected chi connectivity index (χ4v) is 1.84. The highest BCUT2D eigenvalue weighted by molar-refractivity contribution is 5.56. The van der Waals surface area contributed by atoms with Crippen molar-refractivity contribution in [2.45, 2.75) is 19.4 Å². The van der Waals surface area contributed by atoms with Crippen LogP contribution in [0.3, 0.4) is 0 Å². The number of aliphatic hydroxyl groups is 1. The first-order valence-corrected chi connectivity index (χ1v) is 5.93. The summed E-state index contributed by atoms with van der Waals surface area (Å²) >= 11 is 0. The standard InChI is InChI=1S/C12H20N4O3/c1-9-5-10(16(18)19)11(13-6-9)14-7-12(2,17)8-15(3)4/h5-6,17H,7-8H2,1-4H3,(H,13,14). The molecule has 0 aliphatic heterocycles. The van der Waals surface area contributed by atoms with E-state index in [0.29, 0.717) is 6.54 Å². The number of rotatable bonds is 6. The molecule has 0 aliphatic rings. The Labute approximate surface area is 112 Å². The molecular formula is C12H20N4O3. The third kappa shape index (κ3) is 4.80. The highest BCUT2D eigenvalue weighted by Crippen LogP contribution is 2.23. The van der Waals surface area contributed by atoms with E-state index in [1.165, 1.54) is 6.07 Å². The van der Waals surface area contributed by atoms with Crippen molar-refractivity contribution in [3.05, 3.63) is 27.9 Å². The molecule has 0 radical (unpaired) electrons. The van der Waals surface area contributed by atoms with Crippen LogP contribution in [0.5, 0.6) is 0 Å². The molecule has 0 bridgehead atoms. The molecule has 1 heterocycles. The van der Waals surface area contributed by atoms with Crippen molar-refractivity contribution in [2.24, 2.45) is 0 Å². The monoisotopic (exact) mass is 268 g/mol. The smallest absolute Gasteiger partial charge is 0.311 e. The van der Waals surface area contributed by atoms with E-state index < -0.39 is 10.5 Å². The second-order valence-electron chi connectivity index (χ2n) is 5.23. The zero-order valence-electron chi connectivity index (χ0n) is 11.7. The van der Waals surface area contributed by atoms with Gasteiger partial charge in [0.25, 0.3) is 0 Å². The SMILES string of the molecule is Cc1cnc(NCC(C)(O)CN(C)C)c([N+](=O)[O-])c1. The van der Waals surface area contributed by atoms with Crippen molar-refractivity contribution in [1.82, 2.24) is 9.88 Å². The summed E-state index contributed by atoms with van der Waals surface area (Å²) in [5.74, 6) is 0.176. The average molecular weight is 268 g/mol. The topological polar surface area (TPSA) is 91.5 Å². The maximum atomic E-state index is 10.9. The van der Waals surface area contributed by atoms with Crippen molar-refractivity contribution in [1.29, 1.82) is 0 Å². The lowest BCUT2D eigenvalue weighted by Gasteiger charge is -2.27. The van der Waals surface area contributed by atoms with Crippen LogP contribution < -0.4 is 5.32 Å². The van der Waals surface area contributed by atoms with Crippen LogP contribution >= 0.6 is 0 Å². The van der Waals surface area contributed by atoms with E-state index in [2.05, 4.69) is 10.3 Å². The van der Waals surface area contributed by atoms with Crippen LogP contribution in [0.1, 0.15) is 12.5 Å². The number of nitrogens with zero attached hydrogens (tertiary/aromatic N) is 3. The summed E-state index contributed by atoms with van der Waals surface area (Å²) in [5, 5.41) is 23.9.